The van der Waals surface area contributed by atoms with Gasteiger partial charge in [-0.1, -0.05) is 20.8 Å². The van der Waals surface area contributed by atoms with Gasteiger partial charge in [0.05, 0.1) is 6.61 Å². The molecular formula is C13H21N3O2S. The summed E-state index contributed by atoms with van der Waals surface area (Å²) in [5.74, 6) is 0. The van der Waals surface area contributed by atoms with Gasteiger partial charge in [0.1, 0.15) is 0 Å². The molecule has 2 heterocycles. The van der Waals surface area contributed by atoms with E-state index in [0.29, 0.717) is 19.7 Å². The number of ether oxygens (including phenoxy) is 1. The molecule has 0 aromatic carbocycles. The van der Waals surface area contributed by atoms with Crippen molar-refractivity contribution in [1.82, 2.24) is 9.88 Å². The number of carbonyl (C=O) groups is 1. The third-order valence-corrected chi connectivity index (χ3v) is 3.69. The van der Waals surface area contributed by atoms with Gasteiger partial charge in [0.25, 0.3) is 0 Å². The molecule has 1 aromatic heterocycles. The number of rotatable bonds is 2. The number of aromatic nitrogens is 1. The van der Waals surface area contributed by atoms with Gasteiger partial charge in [-0.2, -0.15) is 0 Å². The fraction of sp³-hybridized carbons (Fsp3) is 0.692. The summed E-state index contributed by atoms with van der Waals surface area (Å²) in [6, 6.07) is 0. The first kappa shape index (κ1) is 14.1. The Morgan fingerprint density at radius 1 is 1.37 bits per heavy atom. The highest BCUT2D eigenvalue weighted by Gasteiger charge is 2.24. The highest BCUT2D eigenvalue weighted by molar-refractivity contribution is 7.13. The van der Waals surface area contributed by atoms with E-state index in [-0.39, 0.29) is 11.5 Å². The van der Waals surface area contributed by atoms with Gasteiger partial charge in [0, 0.05) is 37.8 Å². The maximum Gasteiger partial charge on any atom is 0.409 e. The Labute approximate surface area is 118 Å². The van der Waals surface area contributed by atoms with Crippen LogP contribution in [0.1, 0.15) is 20.8 Å². The molecule has 1 aliphatic heterocycles. The molecule has 5 nitrogen and oxygen atoms in total. The van der Waals surface area contributed by atoms with Crippen molar-refractivity contribution in [3.63, 3.8) is 0 Å². The van der Waals surface area contributed by atoms with Crippen molar-refractivity contribution in [2.75, 3.05) is 37.7 Å². The molecule has 0 N–H and O–H groups in total. The van der Waals surface area contributed by atoms with Crippen LogP contribution in [0.15, 0.2) is 11.6 Å². The Kier molecular flexibility index (Phi) is 4.29. The minimum atomic E-state index is -0.200. The van der Waals surface area contributed by atoms with Crippen LogP contribution < -0.4 is 4.90 Å². The number of carbonyl (C=O) groups excluding carboxylic acids is 1. The second-order valence-corrected chi connectivity index (χ2v) is 6.78. The van der Waals surface area contributed by atoms with E-state index >= 15 is 0 Å². The molecule has 1 saturated heterocycles. The van der Waals surface area contributed by atoms with Crippen molar-refractivity contribution in [1.29, 1.82) is 0 Å². The Morgan fingerprint density at radius 3 is 2.58 bits per heavy atom. The number of hydrogen-bond acceptors (Lipinski definition) is 5. The van der Waals surface area contributed by atoms with E-state index in [1.165, 1.54) is 0 Å². The summed E-state index contributed by atoms with van der Waals surface area (Å²) in [6.45, 7) is 9.65. The third kappa shape index (κ3) is 4.09. The summed E-state index contributed by atoms with van der Waals surface area (Å²) in [4.78, 5) is 20.2. The fourth-order valence-corrected chi connectivity index (χ4v) is 2.52. The maximum absolute atomic E-state index is 11.9. The normalized spacial score (nSPS) is 16.6. The number of anilines is 1. The van der Waals surface area contributed by atoms with Crippen molar-refractivity contribution in [3.8, 4) is 0 Å². The fourth-order valence-electron chi connectivity index (χ4n) is 1.82. The third-order valence-electron chi connectivity index (χ3n) is 2.86. The number of amides is 1. The zero-order valence-corrected chi connectivity index (χ0v) is 12.6. The van der Waals surface area contributed by atoms with Crippen LogP contribution in [-0.4, -0.2) is 48.8 Å². The molecule has 6 heteroatoms. The summed E-state index contributed by atoms with van der Waals surface area (Å²) in [5, 5.41) is 3.00. The molecule has 1 fully saturated rings. The van der Waals surface area contributed by atoms with Crippen molar-refractivity contribution in [3.05, 3.63) is 11.6 Å². The lowest BCUT2D eigenvalue weighted by Crippen LogP contribution is -2.49. The van der Waals surface area contributed by atoms with Crippen LogP contribution in [0.25, 0.3) is 0 Å². The van der Waals surface area contributed by atoms with E-state index in [1.54, 1.807) is 16.2 Å². The molecule has 2 rings (SSSR count). The number of piperazine rings is 1. The quantitative estimate of drug-likeness (QED) is 0.836. The molecule has 0 unspecified atom stereocenters. The Hall–Kier alpha value is -1.30. The Balaban J connectivity index is 1.78. The zero-order valence-electron chi connectivity index (χ0n) is 11.8. The smallest absolute Gasteiger partial charge is 0.409 e. The minimum Gasteiger partial charge on any atom is -0.449 e. The SMILES string of the molecule is CC(C)(C)COC(=O)N1CCN(c2nccs2)CC1. The van der Waals surface area contributed by atoms with E-state index in [1.807, 2.05) is 11.6 Å². The van der Waals surface area contributed by atoms with Crippen LogP contribution in [0.5, 0.6) is 0 Å². The molecule has 1 aliphatic rings. The van der Waals surface area contributed by atoms with Crippen molar-refractivity contribution < 1.29 is 9.53 Å². The van der Waals surface area contributed by atoms with Gasteiger partial charge in [-0.15, -0.1) is 11.3 Å². The van der Waals surface area contributed by atoms with Crippen LogP contribution in [-0.2, 0) is 4.74 Å². The van der Waals surface area contributed by atoms with Gasteiger partial charge in [0.2, 0.25) is 0 Å². The van der Waals surface area contributed by atoms with Crippen molar-refractivity contribution >= 4 is 22.6 Å². The average Bonchev–Trinajstić information content (AvgIpc) is 2.89. The summed E-state index contributed by atoms with van der Waals surface area (Å²) < 4.78 is 5.33. The lowest BCUT2D eigenvalue weighted by Gasteiger charge is -2.34. The predicted octanol–water partition coefficient (Wildman–Crippen LogP) is 2.45. The van der Waals surface area contributed by atoms with Crippen LogP contribution in [0.3, 0.4) is 0 Å². The second-order valence-electron chi connectivity index (χ2n) is 5.90. The maximum atomic E-state index is 11.9. The lowest BCUT2D eigenvalue weighted by molar-refractivity contribution is 0.0708. The van der Waals surface area contributed by atoms with Gasteiger partial charge in [0.15, 0.2) is 5.13 Å². The molecule has 0 radical (unpaired) electrons. The van der Waals surface area contributed by atoms with Gasteiger partial charge in [-0.3, -0.25) is 0 Å². The standard InChI is InChI=1S/C13H21N3O2S/c1-13(2,3)10-18-12(17)16-7-5-15(6-8-16)11-14-4-9-19-11/h4,9H,5-8,10H2,1-3H3. The van der Waals surface area contributed by atoms with E-state index in [2.05, 4.69) is 30.7 Å². The molecular weight excluding hydrogens is 262 g/mol. The topological polar surface area (TPSA) is 45.7 Å². The van der Waals surface area contributed by atoms with Crippen molar-refractivity contribution in [2.45, 2.75) is 20.8 Å². The minimum absolute atomic E-state index is 0.0123. The first-order valence-electron chi connectivity index (χ1n) is 6.52. The average molecular weight is 283 g/mol. The molecule has 1 aromatic rings. The first-order chi connectivity index (χ1) is 8.96. The van der Waals surface area contributed by atoms with Crippen LogP contribution >= 0.6 is 11.3 Å². The number of thiazole rings is 1. The van der Waals surface area contributed by atoms with Crippen molar-refractivity contribution in [2.24, 2.45) is 5.41 Å². The summed E-state index contributed by atoms with van der Waals surface area (Å²) in [6.07, 6.45) is 1.61. The molecule has 0 aliphatic carbocycles. The Bertz CT molecular complexity index is 406. The molecule has 19 heavy (non-hydrogen) atoms. The number of nitrogens with zero attached hydrogens (tertiary/aromatic N) is 3. The van der Waals surface area contributed by atoms with Gasteiger partial charge >= 0.3 is 6.09 Å². The lowest BCUT2D eigenvalue weighted by atomic mass is 9.99. The monoisotopic (exact) mass is 283 g/mol. The molecule has 0 spiro atoms. The first-order valence-corrected chi connectivity index (χ1v) is 7.40. The highest BCUT2D eigenvalue weighted by Crippen LogP contribution is 2.19. The highest BCUT2D eigenvalue weighted by atomic mass is 32.1. The van der Waals surface area contributed by atoms with Crippen LogP contribution in [0, 0.1) is 5.41 Å². The molecule has 106 valence electrons. The molecule has 0 atom stereocenters. The Morgan fingerprint density at radius 2 is 2.05 bits per heavy atom. The second kappa shape index (κ2) is 5.77. The summed E-state index contributed by atoms with van der Waals surface area (Å²) >= 11 is 1.63. The molecule has 0 saturated carbocycles. The van der Waals surface area contributed by atoms with E-state index in [0.717, 1.165) is 18.2 Å². The predicted molar refractivity (Wildman–Crippen MR) is 76.7 cm³/mol. The largest absolute Gasteiger partial charge is 0.449 e. The molecule has 0 bridgehead atoms. The summed E-state index contributed by atoms with van der Waals surface area (Å²) in [5.41, 5.74) is 0.0123. The van der Waals surface area contributed by atoms with Crippen LogP contribution in [0.2, 0.25) is 0 Å². The van der Waals surface area contributed by atoms with E-state index in [9.17, 15) is 4.79 Å². The van der Waals surface area contributed by atoms with E-state index in [4.69, 9.17) is 4.74 Å². The zero-order chi connectivity index (χ0) is 13.9. The van der Waals surface area contributed by atoms with Gasteiger partial charge < -0.3 is 14.5 Å². The van der Waals surface area contributed by atoms with E-state index < -0.39 is 0 Å². The van der Waals surface area contributed by atoms with Crippen LogP contribution in [0.4, 0.5) is 9.93 Å². The number of hydrogen-bond donors (Lipinski definition) is 0. The summed E-state index contributed by atoms with van der Waals surface area (Å²) in [7, 11) is 0. The van der Waals surface area contributed by atoms with Gasteiger partial charge in [-0.25, -0.2) is 9.78 Å². The van der Waals surface area contributed by atoms with Gasteiger partial charge in [-0.05, 0) is 5.41 Å². The molecule has 1 amide bonds.